The van der Waals surface area contributed by atoms with Crippen LogP contribution in [0.3, 0.4) is 0 Å². The predicted octanol–water partition coefficient (Wildman–Crippen LogP) is 6.12. The van der Waals surface area contributed by atoms with Gasteiger partial charge < -0.3 is 20.7 Å². The van der Waals surface area contributed by atoms with Crippen LogP contribution in [-0.4, -0.2) is 37.0 Å². The van der Waals surface area contributed by atoms with Gasteiger partial charge in [0.2, 0.25) is 11.8 Å². The molecule has 7 heteroatoms. The number of carbonyl (C=O) groups excluding carboxylic acids is 2. The van der Waals surface area contributed by atoms with Crippen molar-refractivity contribution in [1.82, 2.24) is 16.0 Å². The standard InChI is InChI=1S/C33H49N3O3S/c1-7-12-29-32(37)34-17-11-14-26-13-9-10-15-30(26)39-20-23(5)27(8-2)28(19-25-16-18-40-21-25)24(6)35-31(22(3)4)33(38)36-29/h9-10,13,15-16,18,21-23,27-29,31,35H,6-8,11-12,14,17,19-20H2,1-5H3,(H,34,37)(H,36,38)/t23-,27?,28+,29-,31+/m0/s1. The van der Waals surface area contributed by atoms with E-state index >= 15 is 0 Å². The monoisotopic (exact) mass is 567 g/mol. The summed E-state index contributed by atoms with van der Waals surface area (Å²) >= 11 is 1.70. The molecular weight excluding hydrogens is 518 g/mol. The average molecular weight is 568 g/mol. The second kappa shape index (κ2) is 15.8. The number of allylic oxidation sites excluding steroid dienone is 1. The van der Waals surface area contributed by atoms with Crippen LogP contribution in [0, 0.1) is 23.7 Å². The van der Waals surface area contributed by atoms with Gasteiger partial charge in [0.25, 0.3) is 0 Å². The first-order valence-electron chi connectivity index (χ1n) is 15.0. The predicted molar refractivity (Wildman–Crippen MR) is 165 cm³/mol. The summed E-state index contributed by atoms with van der Waals surface area (Å²) in [6.07, 6.45) is 4.82. The second-order valence-electron chi connectivity index (χ2n) is 11.5. The molecule has 1 aliphatic heterocycles. The number of para-hydroxylation sites is 1. The van der Waals surface area contributed by atoms with Gasteiger partial charge in [-0.25, -0.2) is 0 Å². The van der Waals surface area contributed by atoms with Crippen molar-refractivity contribution >= 4 is 23.2 Å². The van der Waals surface area contributed by atoms with Crippen molar-refractivity contribution in [2.24, 2.45) is 23.7 Å². The highest BCUT2D eigenvalue weighted by atomic mass is 32.1. The van der Waals surface area contributed by atoms with Gasteiger partial charge in [-0.1, -0.05) is 72.2 Å². The maximum atomic E-state index is 13.6. The summed E-state index contributed by atoms with van der Waals surface area (Å²) in [6.45, 7) is 16.2. The molecule has 0 fully saturated rings. The van der Waals surface area contributed by atoms with Crippen molar-refractivity contribution < 1.29 is 14.3 Å². The summed E-state index contributed by atoms with van der Waals surface area (Å²) in [5.41, 5.74) is 3.30. The second-order valence-corrected chi connectivity index (χ2v) is 12.3. The van der Waals surface area contributed by atoms with E-state index in [9.17, 15) is 9.59 Å². The molecule has 2 heterocycles. The van der Waals surface area contributed by atoms with Gasteiger partial charge in [0, 0.05) is 18.2 Å². The Morgan fingerprint density at radius 2 is 1.88 bits per heavy atom. The average Bonchev–Trinajstić information content (AvgIpc) is 3.45. The fourth-order valence-electron chi connectivity index (χ4n) is 5.75. The maximum absolute atomic E-state index is 13.6. The number of aryl methyl sites for hydroxylation is 1. The van der Waals surface area contributed by atoms with Crippen molar-refractivity contribution in [1.29, 1.82) is 0 Å². The van der Waals surface area contributed by atoms with Crippen LogP contribution in [-0.2, 0) is 22.4 Å². The number of nitrogens with one attached hydrogen (secondary N) is 3. The van der Waals surface area contributed by atoms with Crippen molar-refractivity contribution in [3.8, 4) is 5.75 Å². The van der Waals surface area contributed by atoms with Gasteiger partial charge in [-0.3, -0.25) is 9.59 Å². The van der Waals surface area contributed by atoms with Crippen molar-refractivity contribution in [3.05, 3.63) is 64.5 Å². The van der Waals surface area contributed by atoms with Gasteiger partial charge in [-0.2, -0.15) is 11.3 Å². The Labute approximate surface area is 245 Å². The minimum atomic E-state index is -0.562. The van der Waals surface area contributed by atoms with Crippen molar-refractivity contribution in [2.75, 3.05) is 13.2 Å². The van der Waals surface area contributed by atoms with E-state index in [-0.39, 0.29) is 29.6 Å². The van der Waals surface area contributed by atoms with Gasteiger partial charge in [0.1, 0.15) is 17.8 Å². The highest BCUT2D eigenvalue weighted by molar-refractivity contribution is 7.07. The number of benzene rings is 1. The third kappa shape index (κ3) is 8.85. The van der Waals surface area contributed by atoms with E-state index in [0.29, 0.717) is 25.5 Å². The summed E-state index contributed by atoms with van der Waals surface area (Å²) in [7, 11) is 0. The number of fused-ring (bicyclic) bond motifs is 1. The van der Waals surface area contributed by atoms with E-state index in [0.717, 1.165) is 49.1 Å². The molecule has 1 unspecified atom stereocenters. The molecule has 2 aromatic rings. The topological polar surface area (TPSA) is 79.5 Å². The smallest absolute Gasteiger partial charge is 0.243 e. The Morgan fingerprint density at radius 3 is 2.55 bits per heavy atom. The van der Waals surface area contributed by atoms with Gasteiger partial charge >= 0.3 is 0 Å². The highest BCUT2D eigenvalue weighted by Crippen LogP contribution is 2.33. The van der Waals surface area contributed by atoms with Gasteiger partial charge in [-0.15, -0.1) is 0 Å². The lowest BCUT2D eigenvalue weighted by atomic mass is 9.76. The number of ether oxygens (including phenoxy) is 1. The fourth-order valence-corrected chi connectivity index (χ4v) is 6.43. The highest BCUT2D eigenvalue weighted by Gasteiger charge is 2.33. The van der Waals surface area contributed by atoms with E-state index in [1.807, 2.05) is 39.0 Å². The molecule has 0 saturated heterocycles. The van der Waals surface area contributed by atoms with Crippen molar-refractivity contribution in [2.45, 2.75) is 85.2 Å². The van der Waals surface area contributed by atoms with E-state index in [2.05, 4.69) is 59.3 Å². The largest absolute Gasteiger partial charge is 0.493 e. The van der Waals surface area contributed by atoms with Gasteiger partial charge in [-0.05, 0) is 77.5 Å². The lowest BCUT2D eigenvalue weighted by Gasteiger charge is -2.35. The number of hydrogen-bond acceptors (Lipinski definition) is 5. The number of amides is 2. The molecular formula is C33H49N3O3S. The maximum Gasteiger partial charge on any atom is 0.243 e. The zero-order chi connectivity index (χ0) is 29.1. The fraction of sp³-hybridized carbons (Fsp3) is 0.576. The van der Waals surface area contributed by atoms with E-state index in [1.54, 1.807) is 11.3 Å². The molecule has 2 amide bonds. The normalized spacial score (nSPS) is 25.6. The molecule has 220 valence electrons. The molecule has 0 saturated carbocycles. The molecule has 40 heavy (non-hydrogen) atoms. The van der Waals surface area contributed by atoms with E-state index in [1.165, 1.54) is 5.56 Å². The molecule has 5 atom stereocenters. The van der Waals surface area contributed by atoms with Crippen molar-refractivity contribution in [3.63, 3.8) is 0 Å². The zero-order valence-corrected chi connectivity index (χ0v) is 25.8. The summed E-state index contributed by atoms with van der Waals surface area (Å²) in [4.78, 5) is 26.7. The minimum Gasteiger partial charge on any atom is -0.493 e. The first kappa shape index (κ1) is 31.7. The summed E-state index contributed by atoms with van der Waals surface area (Å²) in [6, 6.07) is 9.33. The number of thiophene rings is 1. The number of carbonyl (C=O) groups is 2. The van der Waals surface area contributed by atoms with Crippen LogP contribution in [0.25, 0.3) is 0 Å². The Bertz CT molecular complexity index is 1080. The summed E-state index contributed by atoms with van der Waals surface area (Å²) < 4.78 is 6.44. The lowest BCUT2D eigenvalue weighted by Crippen LogP contribution is -2.54. The Balaban J connectivity index is 1.95. The quantitative estimate of drug-likeness (QED) is 0.393. The molecule has 3 N–H and O–H groups in total. The molecule has 0 radical (unpaired) electrons. The molecule has 6 nitrogen and oxygen atoms in total. The first-order chi connectivity index (χ1) is 19.2. The Hall–Kier alpha value is -2.80. The number of rotatable bonds is 6. The Morgan fingerprint density at radius 1 is 1.10 bits per heavy atom. The molecule has 1 aromatic heterocycles. The zero-order valence-electron chi connectivity index (χ0n) is 25.0. The molecule has 0 spiro atoms. The molecule has 0 bridgehead atoms. The minimum absolute atomic E-state index is 0.0202. The molecule has 1 aromatic carbocycles. The third-order valence-corrected chi connectivity index (χ3v) is 8.83. The van der Waals surface area contributed by atoms with Crippen LogP contribution in [0.4, 0.5) is 0 Å². The Kier molecular flexibility index (Phi) is 12.6. The molecule has 1 aliphatic rings. The SMILES string of the molecule is C=C1N[C@H](C(C)C)C(=O)N[C@@H](CCC)C(=O)NCCCc2ccccc2OC[C@H](C)C(CC)[C@@H]1Cc1ccsc1. The van der Waals surface area contributed by atoms with Gasteiger partial charge in [0.05, 0.1) is 6.61 Å². The summed E-state index contributed by atoms with van der Waals surface area (Å²) in [5, 5.41) is 14.0. The van der Waals surface area contributed by atoms with Crippen LogP contribution in [0.15, 0.2) is 53.4 Å². The third-order valence-electron chi connectivity index (χ3n) is 8.10. The summed E-state index contributed by atoms with van der Waals surface area (Å²) in [5.74, 6) is 1.36. The van der Waals surface area contributed by atoms with Crippen LogP contribution in [0.2, 0.25) is 0 Å². The van der Waals surface area contributed by atoms with Crippen LogP contribution < -0.4 is 20.7 Å². The molecule has 3 rings (SSSR count). The van der Waals surface area contributed by atoms with Crippen LogP contribution >= 0.6 is 11.3 Å². The van der Waals surface area contributed by atoms with Crippen LogP contribution in [0.1, 0.15) is 71.4 Å². The van der Waals surface area contributed by atoms with Crippen LogP contribution in [0.5, 0.6) is 5.75 Å². The molecule has 0 aliphatic carbocycles. The first-order valence-corrected chi connectivity index (χ1v) is 15.9. The van der Waals surface area contributed by atoms with E-state index < -0.39 is 12.1 Å². The van der Waals surface area contributed by atoms with Gasteiger partial charge in [0.15, 0.2) is 0 Å². The number of hydrogen-bond donors (Lipinski definition) is 3. The van der Waals surface area contributed by atoms with E-state index in [4.69, 9.17) is 4.74 Å². The lowest BCUT2D eigenvalue weighted by molar-refractivity contribution is -0.130.